The Morgan fingerprint density at radius 3 is 2.88 bits per heavy atom. The van der Waals surface area contributed by atoms with E-state index in [1.165, 1.54) is 0 Å². The van der Waals surface area contributed by atoms with E-state index in [2.05, 4.69) is 15.3 Å². The molecule has 130 valence electrons. The van der Waals surface area contributed by atoms with Crippen molar-refractivity contribution in [1.29, 1.82) is 0 Å². The van der Waals surface area contributed by atoms with Gasteiger partial charge in [0, 0.05) is 42.4 Å². The van der Waals surface area contributed by atoms with Crippen LogP contribution in [0.4, 0.5) is 10.5 Å². The lowest BCUT2D eigenvalue weighted by molar-refractivity contribution is 0.206. The van der Waals surface area contributed by atoms with E-state index in [1.807, 2.05) is 18.2 Å². The van der Waals surface area contributed by atoms with Crippen LogP contribution < -0.4 is 5.32 Å². The number of para-hydroxylation sites is 1. The number of pyridine rings is 1. The van der Waals surface area contributed by atoms with Gasteiger partial charge in [0.15, 0.2) is 0 Å². The number of aromatic amines is 1. The quantitative estimate of drug-likeness (QED) is 0.614. The van der Waals surface area contributed by atoms with E-state index in [0.29, 0.717) is 28.8 Å². The Balaban J connectivity index is 0.00000182. The Kier molecular flexibility index (Phi) is 5.08. The molecule has 2 N–H and O–H groups in total. The Morgan fingerprint density at radius 2 is 2.08 bits per heavy atom. The van der Waals surface area contributed by atoms with Crippen LogP contribution in [0.2, 0.25) is 10.0 Å². The second-order valence-electron chi connectivity index (χ2n) is 5.71. The molecule has 3 heterocycles. The van der Waals surface area contributed by atoms with E-state index in [4.69, 9.17) is 23.2 Å². The van der Waals surface area contributed by atoms with Gasteiger partial charge < -0.3 is 15.2 Å². The number of aromatic nitrogens is 2. The third-order valence-corrected chi connectivity index (χ3v) is 4.73. The molecule has 0 atom stereocenters. The van der Waals surface area contributed by atoms with Crippen LogP contribution in [0, 0.1) is 0 Å². The molecule has 0 saturated heterocycles. The summed E-state index contributed by atoms with van der Waals surface area (Å²) in [6, 6.07) is 8.91. The van der Waals surface area contributed by atoms with Gasteiger partial charge >= 0.3 is 6.03 Å². The topological polar surface area (TPSA) is 61.0 Å². The number of carbonyl (C=O) groups is 1. The van der Waals surface area contributed by atoms with E-state index in [-0.39, 0.29) is 18.4 Å². The third-order valence-electron chi connectivity index (χ3n) is 4.20. The van der Waals surface area contributed by atoms with Gasteiger partial charge in [-0.2, -0.15) is 0 Å². The maximum absolute atomic E-state index is 12.6. The Hall–Kier alpha value is -1.95. The predicted octanol–water partition coefficient (Wildman–Crippen LogP) is 4.88. The van der Waals surface area contributed by atoms with E-state index >= 15 is 0 Å². The number of nitrogens with zero attached hydrogens (tertiary/aromatic N) is 2. The van der Waals surface area contributed by atoms with Crippen LogP contribution in [0.1, 0.15) is 11.3 Å². The van der Waals surface area contributed by atoms with E-state index in [9.17, 15) is 4.79 Å². The monoisotopic (exact) mass is 396 g/mol. The van der Waals surface area contributed by atoms with Crippen LogP contribution >= 0.6 is 35.6 Å². The molecule has 0 spiro atoms. The lowest BCUT2D eigenvalue weighted by atomic mass is 10.1. The summed E-state index contributed by atoms with van der Waals surface area (Å²) in [5, 5.41) is 4.94. The molecule has 1 aliphatic heterocycles. The average Bonchev–Trinajstić information content (AvgIpc) is 2.94. The molecule has 0 radical (unpaired) electrons. The van der Waals surface area contributed by atoms with Gasteiger partial charge in [0.05, 0.1) is 15.7 Å². The predicted molar refractivity (Wildman–Crippen MR) is 103 cm³/mol. The van der Waals surface area contributed by atoms with E-state index < -0.39 is 0 Å². The zero-order valence-electron chi connectivity index (χ0n) is 13.1. The summed E-state index contributed by atoms with van der Waals surface area (Å²) < 4.78 is 0. The van der Waals surface area contributed by atoms with Crippen molar-refractivity contribution in [3.63, 3.8) is 0 Å². The number of fused-ring (bicyclic) bond motifs is 3. The van der Waals surface area contributed by atoms with Crippen molar-refractivity contribution in [2.45, 2.75) is 13.0 Å². The van der Waals surface area contributed by atoms with Crippen molar-refractivity contribution in [2.75, 3.05) is 11.9 Å². The number of halogens is 3. The summed E-state index contributed by atoms with van der Waals surface area (Å²) in [6.45, 7) is 1.14. The van der Waals surface area contributed by atoms with Gasteiger partial charge in [-0.15, -0.1) is 12.4 Å². The molecule has 0 saturated carbocycles. The van der Waals surface area contributed by atoms with Crippen molar-refractivity contribution in [2.24, 2.45) is 0 Å². The second kappa shape index (κ2) is 7.12. The molecule has 0 bridgehead atoms. The number of anilines is 1. The number of hydrogen-bond acceptors (Lipinski definition) is 2. The Morgan fingerprint density at radius 1 is 1.28 bits per heavy atom. The van der Waals surface area contributed by atoms with E-state index in [1.54, 1.807) is 23.2 Å². The second-order valence-corrected chi connectivity index (χ2v) is 6.56. The number of urea groups is 1. The molecule has 2 amide bonds. The highest BCUT2D eigenvalue weighted by Gasteiger charge is 2.24. The van der Waals surface area contributed by atoms with Crippen LogP contribution in [0.3, 0.4) is 0 Å². The average molecular weight is 398 g/mol. The molecule has 25 heavy (non-hydrogen) atoms. The summed E-state index contributed by atoms with van der Waals surface area (Å²) in [6.07, 6.45) is 2.37. The minimum absolute atomic E-state index is 0. The lowest BCUT2D eigenvalue weighted by Gasteiger charge is -2.27. The van der Waals surface area contributed by atoms with E-state index in [0.717, 1.165) is 28.7 Å². The van der Waals surface area contributed by atoms with Crippen LogP contribution in [0.5, 0.6) is 0 Å². The van der Waals surface area contributed by atoms with Gasteiger partial charge in [-0.3, -0.25) is 0 Å². The SMILES string of the molecule is Cl.O=C(Nc1ccccc1Cl)N1CCc2[nH]c3ncc(Cl)cc3c2C1. The summed E-state index contributed by atoms with van der Waals surface area (Å²) in [7, 11) is 0. The highest BCUT2D eigenvalue weighted by Crippen LogP contribution is 2.29. The first-order valence-electron chi connectivity index (χ1n) is 7.57. The van der Waals surface area contributed by atoms with Crippen LogP contribution in [0.25, 0.3) is 11.0 Å². The van der Waals surface area contributed by atoms with Crippen LogP contribution in [0.15, 0.2) is 36.5 Å². The molecular weight excluding hydrogens is 383 g/mol. The number of carbonyl (C=O) groups excluding carboxylic acids is 1. The molecular formula is C17H15Cl3N4O. The largest absolute Gasteiger partial charge is 0.343 e. The number of hydrogen-bond donors (Lipinski definition) is 2. The fraction of sp³-hybridized carbons (Fsp3) is 0.176. The summed E-state index contributed by atoms with van der Waals surface area (Å²) in [5.41, 5.74) is 3.60. The van der Waals surface area contributed by atoms with Gasteiger partial charge in [-0.1, -0.05) is 35.3 Å². The number of rotatable bonds is 1. The number of H-pyrrole nitrogens is 1. The molecule has 3 aromatic rings. The summed E-state index contributed by atoms with van der Waals surface area (Å²) in [5.74, 6) is 0. The summed E-state index contributed by atoms with van der Waals surface area (Å²) >= 11 is 12.2. The molecule has 0 fully saturated rings. The van der Waals surface area contributed by atoms with Gasteiger partial charge in [0.25, 0.3) is 0 Å². The zero-order valence-corrected chi connectivity index (χ0v) is 15.4. The highest BCUT2D eigenvalue weighted by atomic mass is 35.5. The molecule has 0 unspecified atom stereocenters. The van der Waals surface area contributed by atoms with Crippen molar-refractivity contribution in [3.8, 4) is 0 Å². The third kappa shape index (κ3) is 3.40. The molecule has 0 aliphatic carbocycles. The van der Waals surface area contributed by atoms with Crippen LogP contribution in [-0.2, 0) is 13.0 Å². The fourth-order valence-electron chi connectivity index (χ4n) is 2.99. The molecule has 8 heteroatoms. The van der Waals surface area contributed by atoms with Crippen molar-refractivity contribution >= 4 is 58.4 Å². The molecule has 1 aromatic carbocycles. The lowest BCUT2D eigenvalue weighted by Crippen LogP contribution is -2.38. The van der Waals surface area contributed by atoms with Crippen molar-refractivity contribution in [1.82, 2.24) is 14.9 Å². The molecule has 5 nitrogen and oxygen atoms in total. The van der Waals surface area contributed by atoms with Crippen molar-refractivity contribution < 1.29 is 4.79 Å². The first-order chi connectivity index (χ1) is 11.6. The van der Waals surface area contributed by atoms with Gasteiger partial charge in [0.2, 0.25) is 0 Å². The normalized spacial score (nSPS) is 13.3. The van der Waals surface area contributed by atoms with Gasteiger partial charge in [-0.05, 0) is 18.2 Å². The first kappa shape index (κ1) is 17.9. The van der Waals surface area contributed by atoms with Crippen molar-refractivity contribution in [3.05, 3.63) is 57.8 Å². The maximum Gasteiger partial charge on any atom is 0.322 e. The highest BCUT2D eigenvalue weighted by molar-refractivity contribution is 6.33. The van der Waals surface area contributed by atoms with Gasteiger partial charge in [0.1, 0.15) is 5.65 Å². The zero-order chi connectivity index (χ0) is 16.7. The first-order valence-corrected chi connectivity index (χ1v) is 8.33. The smallest absolute Gasteiger partial charge is 0.322 e. The fourth-order valence-corrected chi connectivity index (χ4v) is 3.33. The number of nitrogens with one attached hydrogen (secondary N) is 2. The Labute approximate surface area is 160 Å². The number of benzene rings is 1. The molecule has 2 aromatic heterocycles. The van der Waals surface area contributed by atoms with Gasteiger partial charge in [-0.25, -0.2) is 9.78 Å². The minimum atomic E-state index is -0.168. The standard InChI is InChI=1S/C17H14Cl2N4O.ClH/c18-10-7-11-12-9-23(6-5-14(12)21-16(11)20-8-10)17(24)22-15-4-2-1-3-13(15)19;/h1-4,7-8H,5-6,9H2,(H,20,21)(H,22,24);1H. The maximum atomic E-state index is 12.6. The summed E-state index contributed by atoms with van der Waals surface area (Å²) in [4.78, 5) is 21.9. The molecule has 1 aliphatic rings. The number of amides is 2. The minimum Gasteiger partial charge on any atom is -0.343 e. The molecule has 4 rings (SSSR count). The Bertz CT molecular complexity index is 941. The van der Waals surface area contributed by atoms with Crippen LogP contribution in [-0.4, -0.2) is 27.4 Å².